The average Bonchev–Trinajstić information content (AvgIpc) is 2.27. The second-order valence-corrected chi connectivity index (χ2v) is 3.72. The van der Waals surface area contributed by atoms with Crippen LogP contribution >= 0.6 is 0 Å². The van der Waals surface area contributed by atoms with Crippen molar-refractivity contribution in [3.05, 3.63) is 29.8 Å². The van der Waals surface area contributed by atoms with E-state index in [0.29, 0.717) is 13.0 Å². The summed E-state index contributed by atoms with van der Waals surface area (Å²) < 4.78 is 40.6. The van der Waals surface area contributed by atoms with Gasteiger partial charge in [0.25, 0.3) is 0 Å². The summed E-state index contributed by atoms with van der Waals surface area (Å²) in [6, 6.07) is 7.50. The molecule has 0 heterocycles. The number of alkyl halides is 3. The van der Waals surface area contributed by atoms with Gasteiger partial charge < -0.3 is 10.1 Å². The van der Waals surface area contributed by atoms with E-state index >= 15 is 0 Å². The van der Waals surface area contributed by atoms with Crippen molar-refractivity contribution in [3.63, 3.8) is 0 Å². The number of rotatable bonds is 6. The number of hydrogen-bond donors (Lipinski definition) is 1. The normalized spacial score (nSPS) is 11.5. The second kappa shape index (κ2) is 6.49. The largest absolute Gasteiger partial charge is 0.497 e. The summed E-state index contributed by atoms with van der Waals surface area (Å²) in [6.07, 6.45) is -4.18. The molecular weight excluding hydrogens is 231 g/mol. The molecule has 0 fully saturated rings. The van der Waals surface area contributed by atoms with Crippen molar-refractivity contribution in [1.29, 1.82) is 0 Å². The molecule has 1 rings (SSSR count). The summed E-state index contributed by atoms with van der Waals surface area (Å²) in [7, 11) is 1.58. The van der Waals surface area contributed by atoms with Crippen molar-refractivity contribution in [2.75, 3.05) is 20.2 Å². The second-order valence-electron chi connectivity index (χ2n) is 3.72. The van der Waals surface area contributed by atoms with Crippen LogP contribution in [0.25, 0.3) is 0 Å². The standard InChI is InChI=1S/C12H16F3NO/c1-17-11-4-2-3-10(9-11)5-7-16-8-6-12(13,14)15/h2-4,9,16H,5-8H2,1H3. The first-order valence-corrected chi connectivity index (χ1v) is 5.41. The predicted molar refractivity (Wildman–Crippen MR) is 60.2 cm³/mol. The van der Waals surface area contributed by atoms with Crippen LogP contribution in [0.4, 0.5) is 13.2 Å². The minimum atomic E-state index is -4.08. The van der Waals surface area contributed by atoms with Crippen molar-refractivity contribution in [1.82, 2.24) is 5.32 Å². The Hall–Kier alpha value is -1.23. The lowest BCUT2D eigenvalue weighted by atomic mass is 10.1. The Morgan fingerprint density at radius 2 is 2.00 bits per heavy atom. The highest BCUT2D eigenvalue weighted by Crippen LogP contribution is 2.18. The van der Waals surface area contributed by atoms with Crippen LogP contribution in [0, 0.1) is 0 Å². The fourth-order valence-electron chi connectivity index (χ4n) is 1.42. The molecule has 0 saturated carbocycles. The molecule has 0 saturated heterocycles. The molecule has 1 N–H and O–H groups in total. The van der Waals surface area contributed by atoms with Crippen molar-refractivity contribution >= 4 is 0 Å². The molecular formula is C12H16F3NO. The van der Waals surface area contributed by atoms with Crippen LogP contribution in [0.2, 0.25) is 0 Å². The lowest BCUT2D eigenvalue weighted by molar-refractivity contribution is -0.133. The maximum atomic E-state index is 11.8. The van der Waals surface area contributed by atoms with Gasteiger partial charge in [-0.2, -0.15) is 13.2 Å². The first kappa shape index (κ1) is 13.8. The quantitative estimate of drug-likeness (QED) is 0.780. The van der Waals surface area contributed by atoms with Gasteiger partial charge in [-0.3, -0.25) is 0 Å². The molecule has 0 spiro atoms. The lowest BCUT2D eigenvalue weighted by Crippen LogP contribution is -2.23. The Kier molecular flexibility index (Phi) is 5.28. The number of nitrogens with one attached hydrogen (secondary N) is 1. The van der Waals surface area contributed by atoms with Crippen LogP contribution in [0.5, 0.6) is 5.75 Å². The third-order valence-electron chi connectivity index (χ3n) is 2.31. The Labute approximate surface area is 98.8 Å². The van der Waals surface area contributed by atoms with Crippen LogP contribution in [0.1, 0.15) is 12.0 Å². The van der Waals surface area contributed by atoms with E-state index in [2.05, 4.69) is 5.32 Å². The van der Waals surface area contributed by atoms with Crippen LogP contribution < -0.4 is 10.1 Å². The smallest absolute Gasteiger partial charge is 0.390 e. The molecule has 5 heteroatoms. The van der Waals surface area contributed by atoms with Gasteiger partial charge in [-0.15, -0.1) is 0 Å². The van der Waals surface area contributed by atoms with Crippen LogP contribution in [-0.2, 0) is 6.42 Å². The number of ether oxygens (including phenoxy) is 1. The van der Waals surface area contributed by atoms with E-state index in [1.54, 1.807) is 7.11 Å². The predicted octanol–water partition coefficient (Wildman–Crippen LogP) is 2.78. The van der Waals surface area contributed by atoms with Crippen molar-refractivity contribution in [2.24, 2.45) is 0 Å². The van der Waals surface area contributed by atoms with Crippen LogP contribution in [0.3, 0.4) is 0 Å². The van der Waals surface area contributed by atoms with Gasteiger partial charge in [0.15, 0.2) is 0 Å². The highest BCUT2D eigenvalue weighted by molar-refractivity contribution is 5.28. The molecule has 17 heavy (non-hydrogen) atoms. The topological polar surface area (TPSA) is 21.3 Å². The van der Waals surface area contributed by atoms with Gasteiger partial charge >= 0.3 is 6.18 Å². The van der Waals surface area contributed by atoms with Gasteiger partial charge in [-0.25, -0.2) is 0 Å². The Morgan fingerprint density at radius 3 is 2.65 bits per heavy atom. The number of halogens is 3. The molecule has 0 unspecified atom stereocenters. The molecule has 0 aromatic heterocycles. The SMILES string of the molecule is COc1cccc(CCNCCC(F)(F)F)c1. The highest BCUT2D eigenvalue weighted by Gasteiger charge is 2.25. The van der Waals surface area contributed by atoms with E-state index in [0.717, 1.165) is 11.3 Å². The summed E-state index contributed by atoms with van der Waals surface area (Å²) in [5, 5.41) is 2.77. The van der Waals surface area contributed by atoms with Gasteiger partial charge in [-0.05, 0) is 30.7 Å². The zero-order chi connectivity index (χ0) is 12.7. The monoisotopic (exact) mass is 247 g/mol. The third kappa shape index (κ3) is 6.16. The van der Waals surface area contributed by atoms with E-state index < -0.39 is 12.6 Å². The van der Waals surface area contributed by atoms with Gasteiger partial charge in [-0.1, -0.05) is 12.1 Å². The Bertz CT molecular complexity index is 339. The minimum Gasteiger partial charge on any atom is -0.497 e. The van der Waals surface area contributed by atoms with E-state index in [1.165, 1.54) is 0 Å². The molecule has 2 nitrogen and oxygen atoms in total. The lowest BCUT2D eigenvalue weighted by Gasteiger charge is -2.08. The van der Waals surface area contributed by atoms with Gasteiger partial charge in [0.1, 0.15) is 5.75 Å². The molecule has 1 aromatic rings. The van der Waals surface area contributed by atoms with Crippen LogP contribution in [0.15, 0.2) is 24.3 Å². The van der Waals surface area contributed by atoms with Crippen LogP contribution in [-0.4, -0.2) is 26.4 Å². The van der Waals surface area contributed by atoms with E-state index in [1.807, 2.05) is 24.3 Å². The summed E-state index contributed by atoms with van der Waals surface area (Å²) in [4.78, 5) is 0. The summed E-state index contributed by atoms with van der Waals surface area (Å²) in [6.45, 7) is 0.497. The van der Waals surface area contributed by atoms with Gasteiger partial charge in [0.2, 0.25) is 0 Å². The minimum absolute atomic E-state index is 0.0343. The molecule has 0 aliphatic heterocycles. The van der Waals surface area contributed by atoms with E-state index in [-0.39, 0.29) is 6.54 Å². The van der Waals surface area contributed by atoms with Crippen molar-refractivity contribution in [2.45, 2.75) is 19.0 Å². The van der Waals surface area contributed by atoms with Gasteiger partial charge in [0.05, 0.1) is 13.5 Å². The van der Waals surface area contributed by atoms with Crippen molar-refractivity contribution < 1.29 is 17.9 Å². The summed E-state index contributed by atoms with van der Waals surface area (Å²) in [5.74, 6) is 0.762. The fourth-order valence-corrected chi connectivity index (χ4v) is 1.42. The summed E-state index contributed by atoms with van der Waals surface area (Å²) in [5.41, 5.74) is 1.05. The zero-order valence-corrected chi connectivity index (χ0v) is 9.68. The molecule has 0 aliphatic carbocycles. The molecule has 0 bridgehead atoms. The number of benzene rings is 1. The molecule has 96 valence electrons. The molecule has 0 aliphatic rings. The molecule has 0 radical (unpaired) electrons. The zero-order valence-electron chi connectivity index (χ0n) is 9.68. The van der Waals surface area contributed by atoms with Crippen molar-refractivity contribution in [3.8, 4) is 5.75 Å². The highest BCUT2D eigenvalue weighted by atomic mass is 19.4. The first-order chi connectivity index (χ1) is 8.01. The average molecular weight is 247 g/mol. The molecule has 0 amide bonds. The maximum Gasteiger partial charge on any atom is 0.390 e. The first-order valence-electron chi connectivity index (χ1n) is 5.41. The maximum absolute atomic E-state index is 11.8. The number of hydrogen-bond acceptors (Lipinski definition) is 2. The number of methoxy groups -OCH3 is 1. The molecule has 0 atom stereocenters. The molecule has 1 aromatic carbocycles. The summed E-state index contributed by atoms with van der Waals surface area (Å²) >= 11 is 0. The Morgan fingerprint density at radius 1 is 1.24 bits per heavy atom. The van der Waals surface area contributed by atoms with Gasteiger partial charge in [0, 0.05) is 6.54 Å². The third-order valence-corrected chi connectivity index (χ3v) is 2.31. The Balaban J connectivity index is 2.22. The van der Waals surface area contributed by atoms with E-state index in [9.17, 15) is 13.2 Å². The van der Waals surface area contributed by atoms with E-state index in [4.69, 9.17) is 4.74 Å². The fraction of sp³-hybridized carbons (Fsp3) is 0.500.